The molecule has 0 amide bonds. The number of hydrogen-bond donors (Lipinski definition) is 1. The van der Waals surface area contributed by atoms with Gasteiger partial charge in [0, 0.05) is 44.3 Å². The average molecular weight is 399 g/mol. The predicted octanol–water partition coefficient (Wildman–Crippen LogP) is 2.75. The van der Waals surface area contributed by atoms with Crippen LogP contribution in [0.25, 0.3) is 0 Å². The fraction of sp³-hybridized carbons (Fsp3) is 0.652. The van der Waals surface area contributed by atoms with Crippen LogP contribution in [0.1, 0.15) is 38.2 Å². The molecule has 2 saturated heterocycles. The summed E-state index contributed by atoms with van der Waals surface area (Å²) in [5.74, 6) is -0.200. The monoisotopic (exact) mass is 398 g/mol. The summed E-state index contributed by atoms with van der Waals surface area (Å²) in [6, 6.07) is 7.94. The maximum absolute atomic E-state index is 14.8. The maximum Gasteiger partial charge on any atom is 0.151 e. The summed E-state index contributed by atoms with van der Waals surface area (Å²) < 4.78 is 14.8. The van der Waals surface area contributed by atoms with Gasteiger partial charge < -0.3 is 15.1 Å². The molecular formula is C23H31FN4O. The number of likely N-dealkylation sites (N-methyl/N-ethyl adjacent to an activating group) is 1. The van der Waals surface area contributed by atoms with E-state index < -0.39 is 5.92 Å². The number of rotatable bonds is 7. The van der Waals surface area contributed by atoms with Gasteiger partial charge in [0.25, 0.3) is 0 Å². The van der Waals surface area contributed by atoms with E-state index in [1.807, 2.05) is 6.07 Å². The van der Waals surface area contributed by atoms with Crippen molar-refractivity contribution in [2.75, 3.05) is 37.6 Å². The molecular weight excluding hydrogens is 367 g/mol. The lowest BCUT2D eigenvalue weighted by molar-refractivity contribution is -0.122. The first kappa shape index (κ1) is 20.3. The number of ketones is 1. The molecule has 2 heterocycles. The Kier molecular flexibility index (Phi) is 6.17. The lowest BCUT2D eigenvalue weighted by Gasteiger charge is -2.35. The number of carbonyl (C=O) groups excluding carboxylic acids is 1. The fourth-order valence-electron chi connectivity index (χ4n) is 5.24. The average Bonchev–Trinajstić information content (AvgIpc) is 3.38. The third kappa shape index (κ3) is 4.46. The van der Waals surface area contributed by atoms with Crippen LogP contribution in [0.15, 0.2) is 18.2 Å². The lowest BCUT2D eigenvalue weighted by atomic mass is 9.88. The van der Waals surface area contributed by atoms with Gasteiger partial charge in [-0.1, -0.05) is 13.0 Å². The van der Waals surface area contributed by atoms with E-state index in [1.54, 1.807) is 12.1 Å². The largest absolute Gasteiger partial charge is 0.369 e. The molecule has 1 saturated carbocycles. The molecule has 1 aromatic rings. The van der Waals surface area contributed by atoms with Gasteiger partial charge in [-0.25, -0.2) is 4.39 Å². The molecule has 4 rings (SSSR count). The minimum atomic E-state index is -0.475. The second-order valence-corrected chi connectivity index (χ2v) is 8.81. The highest BCUT2D eigenvalue weighted by Gasteiger charge is 2.42. The lowest BCUT2D eigenvalue weighted by Crippen LogP contribution is -2.46. The second kappa shape index (κ2) is 8.81. The van der Waals surface area contributed by atoms with Gasteiger partial charge in [0.15, 0.2) is 5.78 Å². The van der Waals surface area contributed by atoms with Crippen molar-refractivity contribution in [2.24, 2.45) is 11.8 Å². The summed E-state index contributed by atoms with van der Waals surface area (Å²) >= 11 is 0. The van der Waals surface area contributed by atoms with Gasteiger partial charge in [0.05, 0.1) is 18.0 Å². The van der Waals surface area contributed by atoms with Crippen molar-refractivity contribution in [2.45, 2.75) is 51.1 Å². The van der Waals surface area contributed by atoms with Crippen LogP contribution in [0.4, 0.5) is 10.1 Å². The van der Waals surface area contributed by atoms with E-state index in [1.165, 1.54) is 0 Å². The topological polar surface area (TPSA) is 59.4 Å². The van der Waals surface area contributed by atoms with E-state index >= 15 is 0 Å². The number of nitriles is 1. The van der Waals surface area contributed by atoms with E-state index in [2.05, 4.69) is 28.1 Å². The quantitative estimate of drug-likeness (QED) is 0.765. The number of fused-ring (bicyclic) bond motifs is 2. The van der Waals surface area contributed by atoms with Crippen molar-refractivity contribution in [3.63, 3.8) is 0 Å². The standard InChI is InChI=1S/C23H31FN4O/c1-2-27-7-9-28(10-8-27)20-6-4-17(21(24)14-20)11-16(15-25)12-22(29)23-18-3-5-19(13-18)26-23/h4,6,14,16,18-19,23,26H,2-3,5,7-13H2,1H3/t16-,18+,19-,23+/m1/s1. The van der Waals surface area contributed by atoms with Crippen molar-refractivity contribution in [1.82, 2.24) is 10.2 Å². The van der Waals surface area contributed by atoms with Crippen LogP contribution in [0.5, 0.6) is 0 Å². The molecule has 6 heteroatoms. The highest BCUT2D eigenvalue weighted by molar-refractivity contribution is 5.85. The maximum atomic E-state index is 14.8. The molecule has 2 aliphatic heterocycles. The molecule has 4 atom stereocenters. The minimum Gasteiger partial charge on any atom is -0.369 e. The Labute approximate surface area is 172 Å². The van der Waals surface area contributed by atoms with Gasteiger partial charge in [-0.05, 0) is 55.8 Å². The van der Waals surface area contributed by atoms with Crippen LogP contribution in [0.3, 0.4) is 0 Å². The van der Waals surface area contributed by atoms with E-state index in [-0.39, 0.29) is 24.1 Å². The smallest absolute Gasteiger partial charge is 0.151 e. The molecule has 1 aromatic carbocycles. The fourth-order valence-corrected chi connectivity index (χ4v) is 5.24. The summed E-state index contributed by atoms with van der Waals surface area (Å²) in [5, 5.41) is 13.0. The Bertz CT molecular complexity index is 784. The van der Waals surface area contributed by atoms with E-state index in [0.717, 1.165) is 57.7 Å². The Morgan fingerprint density at radius 3 is 2.69 bits per heavy atom. The summed E-state index contributed by atoms with van der Waals surface area (Å²) in [6.07, 6.45) is 3.83. The Balaban J connectivity index is 1.35. The Morgan fingerprint density at radius 2 is 2.10 bits per heavy atom. The molecule has 156 valence electrons. The zero-order valence-electron chi connectivity index (χ0n) is 17.2. The van der Waals surface area contributed by atoms with E-state index in [4.69, 9.17) is 0 Å². The van der Waals surface area contributed by atoms with Crippen molar-refractivity contribution in [1.29, 1.82) is 5.26 Å². The zero-order chi connectivity index (χ0) is 20.4. The van der Waals surface area contributed by atoms with Crippen LogP contribution >= 0.6 is 0 Å². The molecule has 0 radical (unpaired) electrons. The molecule has 1 N–H and O–H groups in total. The number of nitrogens with zero attached hydrogens (tertiary/aromatic N) is 3. The number of hydrogen-bond acceptors (Lipinski definition) is 5. The van der Waals surface area contributed by atoms with Crippen molar-refractivity contribution >= 4 is 11.5 Å². The number of carbonyl (C=O) groups is 1. The molecule has 3 fully saturated rings. The van der Waals surface area contributed by atoms with Crippen LogP contribution < -0.4 is 10.2 Å². The van der Waals surface area contributed by atoms with Crippen LogP contribution in [0.2, 0.25) is 0 Å². The molecule has 29 heavy (non-hydrogen) atoms. The summed E-state index contributed by atoms with van der Waals surface area (Å²) in [5.41, 5.74) is 1.43. The third-order valence-electron chi connectivity index (χ3n) is 7.02. The summed E-state index contributed by atoms with van der Waals surface area (Å²) in [7, 11) is 0. The molecule has 3 aliphatic rings. The molecule has 0 aromatic heterocycles. The molecule has 1 aliphatic carbocycles. The minimum absolute atomic E-state index is 0.0985. The predicted molar refractivity (Wildman–Crippen MR) is 111 cm³/mol. The van der Waals surface area contributed by atoms with Gasteiger partial charge in [-0.2, -0.15) is 5.26 Å². The van der Waals surface area contributed by atoms with Crippen molar-refractivity contribution in [3.8, 4) is 6.07 Å². The number of halogens is 1. The number of piperazine rings is 1. The highest BCUT2D eigenvalue weighted by atomic mass is 19.1. The second-order valence-electron chi connectivity index (χ2n) is 8.81. The van der Waals surface area contributed by atoms with Crippen LogP contribution in [-0.2, 0) is 11.2 Å². The van der Waals surface area contributed by atoms with Crippen molar-refractivity contribution < 1.29 is 9.18 Å². The number of nitrogens with one attached hydrogen (secondary N) is 1. The number of Topliss-reactive ketones (excluding diaryl/α,β-unsaturated/α-hetero) is 1. The third-order valence-corrected chi connectivity index (χ3v) is 7.02. The highest BCUT2D eigenvalue weighted by Crippen LogP contribution is 2.36. The summed E-state index contributed by atoms with van der Waals surface area (Å²) in [6.45, 7) is 7.00. The van der Waals surface area contributed by atoms with Crippen molar-refractivity contribution in [3.05, 3.63) is 29.6 Å². The van der Waals surface area contributed by atoms with Crippen LogP contribution in [0, 0.1) is 29.0 Å². The van der Waals surface area contributed by atoms with Gasteiger partial charge in [0.2, 0.25) is 0 Å². The zero-order valence-corrected chi connectivity index (χ0v) is 17.2. The van der Waals surface area contributed by atoms with E-state index in [9.17, 15) is 14.4 Å². The first-order valence-corrected chi connectivity index (χ1v) is 11.0. The number of benzene rings is 1. The van der Waals surface area contributed by atoms with Gasteiger partial charge >= 0.3 is 0 Å². The molecule has 0 unspecified atom stereocenters. The van der Waals surface area contributed by atoms with Gasteiger partial charge in [0.1, 0.15) is 5.82 Å². The summed E-state index contributed by atoms with van der Waals surface area (Å²) in [4.78, 5) is 17.3. The Morgan fingerprint density at radius 1 is 1.31 bits per heavy atom. The molecule has 5 nitrogen and oxygen atoms in total. The first-order valence-electron chi connectivity index (χ1n) is 11.0. The number of anilines is 1. The normalized spacial score (nSPS) is 27.8. The Hall–Kier alpha value is -1.97. The van der Waals surface area contributed by atoms with Gasteiger partial charge in [-0.15, -0.1) is 0 Å². The SMILES string of the molecule is CCN1CCN(c2ccc(C[C@@H](C#N)CC(=O)[C@H]3N[C@@H]4CC[C@H]3C4)c(F)c2)CC1. The molecule has 0 spiro atoms. The van der Waals surface area contributed by atoms with E-state index in [0.29, 0.717) is 23.9 Å². The number of piperidine rings is 1. The molecule has 2 bridgehead atoms. The van der Waals surface area contributed by atoms with Crippen LogP contribution in [-0.4, -0.2) is 55.5 Å². The van der Waals surface area contributed by atoms with Gasteiger partial charge in [-0.3, -0.25) is 4.79 Å². The first-order chi connectivity index (χ1) is 14.1.